The normalized spacial score (nSPS) is 13.5. The summed E-state index contributed by atoms with van der Waals surface area (Å²) in [6.45, 7) is 0.736. The summed E-state index contributed by atoms with van der Waals surface area (Å²) in [4.78, 5) is 0. The van der Waals surface area contributed by atoms with Crippen molar-refractivity contribution in [3.05, 3.63) is 0 Å². The summed E-state index contributed by atoms with van der Waals surface area (Å²) in [6.07, 6.45) is -0.372. The smallest absolute Gasteiger partial charge is 0.0765 e. The summed E-state index contributed by atoms with van der Waals surface area (Å²) in [5.74, 6) is 1.94. The van der Waals surface area contributed by atoms with Crippen molar-refractivity contribution in [2.24, 2.45) is 0 Å². The van der Waals surface area contributed by atoms with Crippen molar-refractivity contribution < 1.29 is 9.84 Å². The van der Waals surface area contributed by atoms with Crippen LogP contribution in [0.5, 0.6) is 0 Å². The second-order valence-electron chi connectivity index (χ2n) is 1.88. The van der Waals surface area contributed by atoms with Gasteiger partial charge >= 0.3 is 0 Å². The average molecular weight is 185 g/mol. The number of methoxy groups -OCH3 is 1. The summed E-state index contributed by atoms with van der Waals surface area (Å²) < 4.78 is 4.82. The van der Waals surface area contributed by atoms with Gasteiger partial charge in [-0.3, -0.25) is 0 Å². The van der Waals surface area contributed by atoms with Gasteiger partial charge in [0.15, 0.2) is 0 Å². The molecule has 0 saturated heterocycles. The van der Waals surface area contributed by atoms with Crippen LogP contribution >= 0.6 is 23.4 Å². The van der Waals surface area contributed by atoms with E-state index < -0.39 is 0 Å². The van der Waals surface area contributed by atoms with Crippen LogP contribution in [0.1, 0.15) is 0 Å². The van der Waals surface area contributed by atoms with Crippen LogP contribution in [0.2, 0.25) is 0 Å². The molecule has 0 fully saturated rings. The zero-order valence-corrected chi connectivity index (χ0v) is 7.62. The van der Waals surface area contributed by atoms with E-state index in [-0.39, 0.29) is 6.10 Å². The molecule has 62 valence electrons. The lowest BCUT2D eigenvalue weighted by Gasteiger charge is -2.04. The third-order valence-corrected chi connectivity index (χ3v) is 2.35. The maximum Gasteiger partial charge on any atom is 0.0765 e. The summed E-state index contributed by atoms with van der Waals surface area (Å²) >= 11 is 7.02. The number of hydrogen-bond donors (Lipinski definition) is 1. The number of thioether (sulfide) groups is 1. The highest BCUT2D eigenvalue weighted by Crippen LogP contribution is 2.03. The topological polar surface area (TPSA) is 29.5 Å². The number of hydrogen-bond acceptors (Lipinski definition) is 3. The average Bonchev–Trinajstić information content (AvgIpc) is 1.98. The predicted octanol–water partition coefficient (Wildman–Crippen LogP) is 0.966. The molecular formula is C6H13ClO2S. The van der Waals surface area contributed by atoms with E-state index in [4.69, 9.17) is 21.4 Å². The second kappa shape index (κ2) is 7.66. The first-order chi connectivity index (χ1) is 4.81. The van der Waals surface area contributed by atoms with Gasteiger partial charge in [0.05, 0.1) is 12.7 Å². The molecule has 0 rings (SSSR count). The molecule has 1 N–H and O–H groups in total. The SMILES string of the molecule is COCCSCC(O)CCl. The monoisotopic (exact) mass is 184 g/mol. The Morgan fingerprint density at radius 2 is 2.40 bits per heavy atom. The molecule has 0 aliphatic carbocycles. The largest absolute Gasteiger partial charge is 0.391 e. The molecule has 0 amide bonds. The molecule has 0 aliphatic rings. The van der Waals surface area contributed by atoms with Crippen molar-refractivity contribution >= 4 is 23.4 Å². The van der Waals surface area contributed by atoms with Crippen LogP contribution < -0.4 is 0 Å². The van der Waals surface area contributed by atoms with E-state index in [0.717, 1.165) is 12.4 Å². The molecule has 0 spiro atoms. The first kappa shape index (κ1) is 10.6. The van der Waals surface area contributed by atoms with E-state index >= 15 is 0 Å². The van der Waals surface area contributed by atoms with Crippen molar-refractivity contribution in [1.82, 2.24) is 0 Å². The first-order valence-corrected chi connectivity index (χ1v) is 4.81. The maximum absolute atomic E-state index is 8.96. The lowest BCUT2D eigenvalue weighted by atomic mass is 10.5. The lowest BCUT2D eigenvalue weighted by molar-refractivity contribution is 0.216. The molecule has 10 heavy (non-hydrogen) atoms. The fourth-order valence-electron chi connectivity index (χ4n) is 0.406. The molecule has 0 heterocycles. The van der Waals surface area contributed by atoms with E-state index in [0.29, 0.717) is 11.6 Å². The Hall–Kier alpha value is 0.560. The van der Waals surface area contributed by atoms with Crippen LogP contribution in [-0.4, -0.2) is 42.3 Å². The molecule has 2 nitrogen and oxygen atoms in total. The van der Waals surface area contributed by atoms with Gasteiger partial charge in [0, 0.05) is 24.5 Å². The van der Waals surface area contributed by atoms with Crippen molar-refractivity contribution in [2.45, 2.75) is 6.10 Å². The van der Waals surface area contributed by atoms with Gasteiger partial charge in [0.25, 0.3) is 0 Å². The summed E-state index contributed by atoms with van der Waals surface area (Å²) in [7, 11) is 1.67. The van der Waals surface area contributed by atoms with Gasteiger partial charge in [-0.05, 0) is 0 Å². The molecule has 1 atom stereocenters. The van der Waals surface area contributed by atoms with Crippen LogP contribution in [0, 0.1) is 0 Å². The number of ether oxygens (including phenoxy) is 1. The van der Waals surface area contributed by atoms with Crippen LogP contribution in [0.3, 0.4) is 0 Å². The molecule has 1 unspecified atom stereocenters. The Labute approximate surface area is 70.9 Å². The predicted molar refractivity (Wildman–Crippen MR) is 45.9 cm³/mol. The minimum Gasteiger partial charge on any atom is -0.391 e. The highest BCUT2D eigenvalue weighted by Gasteiger charge is 2.00. The Balaban J connectivity index is 2.89. The minimum absolute atomic E-state index is 0.319. The zero-order valence-electron chi connectivity index (χ0n) is 6.05. The molecule has 0 aromatic carbocycles. The van der Waals surface area contributed by atoms with Gasteiger partial charge < -0.3 is 9.84 Å². The number of aliphatic hydroxyl groups is 1. The highest BCUT2D eigenvalue weighted by molar-refractivity contribution is 7.99. The fourth-order valence-corrected chi connectivity index (χ4v) is 1.49. The van der Waals surface area contributed by atoms with Crippen molar-refractivity contribution in [3.8, 4) is 0 Å². The highest BCUT2D eigenvalue weighted by atomic mass is 35.5. The molecule has 0 aromatic heterocycles. The van der Waals surface area contributed by atoms with E-state index in [9.17, 15) is 0 Å². The van der Waals surface area contributed by atoms with Gasteiger partial charge in [0.1, 0.15) is 0 Å². The van der Waals surface area contributed by atoms with Crippen molar-refractivity contribution in [2.75, 3.05) is 31.1 Å². The standard InChI is InChI=1S/C6H13ClO2S/c1-9-2-3-10-5-6(8)4-7/h6,8H,2-5H2,1H3. The molecule has 0 saturated carbocycles. The first-order valence-electron chi connectivity index (χ1n) is 3.12. The number of halogens is 1. The molecule has 0 bridgehead atoms. The molecule has 0 aliphatic heterocycles. The van der Waals surface area contributed by atoms with Crippen LogP contribution in [0.15, 0.2) is 0 Å². The Bertz CT molecular complexity index is 72.8. The quantitative estimate of drug-likeness (QED) is 0.493. The van der Waals surface area contributed by atoms with Gasteiger partial charge in [-0.2, -0.15) is 11.8 Å². The second-order valence-corrected chi connectivity index (χ2v) is 3.33. The van der Waals surface area contributed by atoms with Crippen LogP contribution in [-0.2, 0) is 4.74 Å². The van der Waals surface area contributed by atoms with Crippen LogP contribution in [0.25, 0.3) is 0 Å². The van der Waals surface area contributed by atoms with Crippen LogP contribution in [0.4, 0.5) is 0 Å². The molecule has 0 aromatic rings. The zero-order chi connectivity index (χ0) is 7.82. The third-order valence-electron chi connectivity index (χ3n) is 0.920. The van der Waals surface area contributed by atoms with E-state index in [2.05, 4.69) is 0 Å². The van der Waals surface area contributed by atoms with E-state index in [1.165, 1.54) is 0 Å². The number of alkyl halides is 1. The molecule has 4 heteroatoms. The summed E-state index contributed by atoms with van der Waals surface area (Å²) in [5.41, 5.74) is 0. The maximum atomic E-state index is 8.96. The summed E-state index contributed by atoms with van der Waals surface area (Å²) in [6, 6.07) is 0. The van der Waals surface area contributed by atoms with Gasteiger partial charge in [-0.25, -0.2) is 0 Å². The molecular weight excluding hydrogens is 172 g/mol. The summed E-state index contributed by atoms with van der Waals surface area (Å²) in [5, 5.41) is 8.96. The van der Waals surface area contributed by atoms with E-state index in [1.807, 2.05) is 0 Å². The van der Waals surface area contributed by atoms with Gasteiger partial charge in [0.2, 0.25) is 0 Å². The molecule has 0 radical (unpaired) electrons. The Kier molecular flexibility index (Phi) is 8.09. The Morgan fingerprint density at radius 1 is 1.70 bits per heavy atom. The van der Waals surface area contributed by atoms with Gasteiger partial charge in [-0.15, -0.1) is 11.6 Å². The van der Waals surface area contributed by atoms with Gasteiger partial charge in [-0.1, -0.05) is 0 Å². The number of aliphatic hydroxyl groups excluding tert-OH is 1. The van der Waals surface area contributed by atoms with E-state index in [1.54, 1.807) is 18.9 Å². The lowest BCUT2D eigenvalue weighted by Crippen LogP contribution is -2.12. The van der Waals surface area contributed by atoms with Crippen molar-refractivity contribution in [1.29, 1.82) is 0 Å². The van der Waals surface area contributed by atoms with Crippen molar-refractivity contribution in [3.63, 3.8) is 0 Å². The fraction of sp³-hybridized carbons (Fsp3) is 1.00. The number of rotatable bonds is 6. The third kappa shape index (κ3) is 6.68. The minimum atomic E-state index is -0.372. The Morgan fingerprint density at radius 3 is 2.90 bits per heavy atom.